The van der Waals surface area contributed by atoms with Crippen LogP contribution in [-0.2, 0) is 0 Å². The molecule has 1 fully saturated rings. The molecule has 1 amide bonds. The van der Waals surface area contributed by atoms with E-state index in [2.05, 4.69) is 37.9 Å². The Bertz CT molecular complexity index is 1180. The first-order chi connectivity index (χ1) is 16.4. The maximum absolute atomic E-state index is 15.0. The highest BCUT2D eigenvalue weighted by molar-refractivity contribution is 14.1. The van der Waals surface area contributed by atoms with Crippen molar-refractivity contribution in [1.29, 1.82) is 0 Å². The van der Waals surface area contributed by atoms with E-state index in [9.17, 15) is 9.90 Å². The van der Waals surface area contributed by atoms with Gasteiger partial charge in [0.15, 0.2) is 0 Å². The molecule has 1 heterocycles. The molecule has 4 rings (SSSR count). The van der Waals surface area contributed by atoms with Crippen molar-refractivity contribution in [2.45, 2.75) is 43.7 Å². The molecule has 1 aromatic heterocycles. The van der Waals surface area contributed by atoms with Gasteiger partial charge in [-0.25, -0.2) is 14.4 Å². The molecule has 1 aliphatic carbocycles. The van der Waals surface area contributed by atoms with E-state index in [1.165, 1.54) is 12.1 Å². The number of anilines is 1. The zero-order valence-electron chi connectivity index (χ0n) is 18.5. The Kier molecular flexibility index (Phi) is 7.74. The Balaban J connectivity index is 1.55. The summed E-state index contributed by atoms with van der Waals surface area (Å²) in [6.45, 7) is 0.183. The van der Waals surface area contributed by atoms with Gasteiger partial charge >= 0.3 is 0 Å². The van der Waals surface area contributed by atoms with Crippen LogP contribution in [0.1, 0.15) is 59.3 Å². The van der Waals surface area contributed by atoms with Gasteiger partial charge in [0, 0.05) is 21.6 Å². The highest BCUT2D eigenvalue weighted by Crippen LogP contribution is 2.34. The third kappa shape index (κ3) is 5.53. The van der Waals surface area contributed by atoms with Gasteiger partial charge in [0.05, 0.1) is 29.6 Å². The van der Waals surface area contributed by atoms with E-state index in [0.29, 0.717) is 11.3 Å². The number of benzene rings is 2. The minimum Gasteiger partial charge on any atom is -0.393 e. The number of halogens is 2. The zero-order valence-corrected chi connectivity index (χ0v) is 20.7. The monoisotopic (exact) mass is 575 g/mol. The number of hydrogen-bond donors (Lipinski definition) is 4. The minimum absolute atomic E-state index is 0.0863. The van der Waals surface area contributed by atoms with Crippen LogP contribution in [0.15, 0.2) is 48.7 Å². The molecular weight excluding hydrogens is 548 g/mol. The predicted octanol–water partition coefficient (Wildman–Crippen LogP) is 3.92. The second-order valence-corrected chi connectivity index (χ2v) is 9.79. The Hall–Kier alpha value is -2.63. The van der Waals surface area contributed by atoms with E-state index in [0.717, 1.165) is 40.5 Å². The molecule has 0 spiro atoms. The zero-order chi connectivity index (χ0) is 24.2. The molecule has 3 aromatic rings. The van der Waals surface area contributed by atoms with E-state index in [-0.39, 0.29) is 29.9 Å². The van der Waals surface area contributed by atoms with Crippen molar-refractivity contribution in [3.63, 3.8) is 0 Å². The summed E-state index contributed by atoms with van der Waals surface area (Å²) in [5.41, 5.74) is 14.3. The van der Waals surface area contributed by atoms with Crippen LogP contribution in [0.3, 0.4) is 0 Å². The first-order valence-corrected chi connectivity index (χ1v) is 12.3. The fraction of sp³-hybridized carbons (Fsp3) is 0.320. The number of nitrogens with zero attached hydrogens (tertiary/aromatic N) is 2. The fourth-order valence-corrected chi connectivity index (χ4v) is 4.84. The lowest BCUT2D eigenvalue weighted by Crippen LogP contribution is -2.33. The second kappa shape index (κ2) is 10.7. The van der Waals surface area contributed by atoms with Gasteiger partial charge in [-0.3, -0.25) is 4.79 Å². The summed E-state index contributed by atoms with van der Waals surface area (Å²) in [7, 11) is 0. The van der Waals surface area contributed by atoms with Crippen LogP contribution in [-0.4, -0.2) is 33.6 Å². The van der Waals surface area contributed by atoms with Gasteiger partial charge in [0.25, 0.3) is 5.91 Å². The number of carbonyl (C=O) groups excluding carboxylic acids is 1. The summed E-state index contributed by atoms with van der Waals surface area (Å²) >= 11 is 2.19. The number of nitrogen functional groups attached to an aromatic ring is 1. The van der Waals surface area contributed by atoms with Crippen molar-refractivity contribution in [3.8, 4) is 11.3 Å². The number of amides is 1. The molecule has 178 valence electrons. The van der Waals surface area contributed by atoms with Gasteiger partial charge in [-0.2, -0.15) is 0 Å². The van der Waals surface area contributed by atoms with Gasteiger partial charge in [0.2, 0.25) is 0 Å². The van der Waals surface area contributed by atoms with Crippen molar-refractivity contribution < 1.29 is 14.3 Å². The number of hydrogen-bond acceptors (Lipinski definition) is 6. The Morgan fingerprint density at radius 1 is 1.21 bits per heavy atom. The average Bonchev–Trinajstić information content (AvgIpc) is 2.83. The number of rotatable bonds is 6. The maximum Gasteiger partial charge on any atom is 0.254 e. The summed E-state index contributed by atoms with van der Waals surface area (Å²) in [6, 6.07) is 11.5. The van der Waals surface area contributed by atoms with Gasteiger partial charge < -0.3 is 21.9 Å². The van der Waals surface area contributed by atoms with E-state index in [1.54, 1.807) is 12.3 Å². The number of nitrogens with two attached hydrogens (primary N) is 2. The molecule has 7 nitrogen and oxygen atoms in total. The minimum atomic E-state index is -0.680. The van der Waals surface area contributed by atoms with E-state index >= 15 is 4.39 Å². The second-order valence-electron chi connectivity index (χ2n) is 8.55. The normalized spacial score (nSPS) is 18.9. The van der Waals surface area contributed by atoms with Gasteiger partial charge in [-0.1, -0.05) is 18.2 Å². The Morgan fingerprint density at radius 3 is 2.65 bits per heavy atom. The molecule has 9 heteroatoms. The van der Waals surface area contributed by atoms with Gasteiger partial charge in [0.1, 0.15) is 17.3 Å². The lowest BCUT2D eigenvalue weighted by atomic mass is 9.85. The van der Waals surface area contributed by atoms with Crippen molar-refractivity contribution >= 4 is 34.3 Å². The molecule has 34 heavy (non-hydrogen) atoms. The van der Waals surface area contributed by atoms with Crippen LogP contribution in [0.5, 0.6) is 0 Å². The number of aromatic nitrogens is 2. The van der Waals surface area contributed by atoms with E-state index < -0.39 is 17.8 Å². The lowest BCUT2D eigenvalue weighted by molar-refractivity contribution is 0.0933. The summed E-state index contributed by atoms with van der Waals surface area (Å²) in [5.74, 6) is -0.856. The van der Waals surface area contributed by atoms with Crippen LogP contribution >= 0.6 is 22.6 Å². The molecule has 0 bridgehead atoms. The predicted molar refractivity (Wildman–Crippen MR) is 137 cm³/mol. The van der Waals surface area contributed by atoms with Crippen LogP contribution in [0.2, 0.25) is 0 Å². The molecule has 0 radical (unpaired) electrons. The molecule has 1 saturated carbocycles. The number of nitrogens with one attached hydrogen (secondary N) is 1. The first kappa shape index (κ1) is 24.5. The third-order valence-electron chi connectivity index (χ3n) is 6.21. The van der Waals surface area contributed by atoms with Crippen LogP contribution in [0.4, 0.5) is 10.2 Å². The molecule has 0 saturated heterocycles. The van der Waals surface area contributed by atoms with Crippen molar-refractivity contribution in [2.24, 2.45) is 5.73 Å². The maximum atomic E-state index is 15.0. The smallest absolute Gasteiger partial charge is 0.254 e. The lowest BCUT2D eigenvalue weighted by Gasteiger charge is -2.25. The van der Waals surface area contributed by atoms with Crippen molar-refractivity contribution in [1.82, 2.24) is 15.3 Å². The highest BCUT2D eigenvalue weighted by Gasteiger charge is 2.24. The molecule has 2 aromatic carbocycles. The Labute approximate surface area is 211 Å². The third-order valence-corrected chi connectivity index (χ3v) is 6.88. The summed E-state index contributed by atoms with van der Waals surface area (Å²) in [6.07, 6.45) is 4.45. The number of carbonyl (C=O) groups is 1. The fourth-order valence-electron chi connectivity index (χ4n) is 4.28. The molecule has 0 unspecified atom stereocenters. The van der Waals surface area contributed by atoms with Crippen LogP contribution in [0.25, 0.3) is 11.3 Å². The summed E-state index contributed by atoms with van der Waals surface area (Å²) in [5, 5.41) is 12.6. The molecule has 0 aliphatic heterocycles. The summed E-state index contributed by atoms with van der Waals surface area (Å²) in [4.78, 5) is 21.7. The molecule has 1 aliphatic rings. The SMILES string of the molecule is NC[C@@H](NC(=O)c1ccc(-c2nc(C3CCC(O)CC3)cnc2N)cc1F)c1cccc(I)c1. The first-order valence-electron chi connectivity index (χ1n) is 11.2. The van der Waals surface area contributed by atoms with E-state index in [1.807, 2.05) is 24.3 Å². The van der Waals surface area contributed by atoms with Crippen molar-refractivity contribution in [2.75, 3.05) is 12.3 Å². The van der Waals surface area contributed by atoms with Crippen LogP contribution < -0.4 is 16.8 Å². The molecule has 6 N–H and O–H groups in total. The van der Waals surface area contributed by atoms with E-state index in [4.69, 9.17) is 11.5 Å². The quantitative estimate of drug-likeness (QED) is 0.330. The number of aliphatic hydroxyl groups is 1. The Morgan fingerprint density at radius 2 is 1.97 bits per heavy atom. The van der Waals surface area contributed by atoms with Crippen LogP contribution in [0, 0.1) is 9.39 Å². The average molecular weight is 575 g/mol. The topological polar surface area (TPSA) is 127 Å². The molecule has 1 atom stereocenters. The standard InChI is InChI=1S/C25H27FIN5O2/c26-20-11-16(23-24(29)30-13-22(31-23)14-4-7-18(33)8-5-14)6-9-19(20)25(34)32-21(12-28)15-2-1-3-17(27)10-15/h1-3,6,9-11,13-14,18,21,33H,4-5,7-8,12,28H2,(H2,29,30)(H,32,34)/t14?,18?,21-/m1/s1. The molecular formula is C25H27FIN5O2. The largest absolute Gasteiger partial charge is 0.393 e. The van der Waals surface area contributed by atoms with Gasteiger partial charge in [-0.05, 0) is 78.1 Å². The summed E-state index contributed by atoms with van der Waals surface area (Å²) < 4.78 is 16.0. The van der Waals surface area contributed by atoms with Crippen molar-refractivity contribution in [3.05, 3.63) is 74.9 Å². The number of aliphatic hydroxyl groups excluding tert-OH is 1. The highest BCUT2D eigenvalue weighted by atomic mass is 127. The van der Waals surface area contributed by atoms with Gasteiger partial charge in [-0.15, -0.1) is 0 Å².